The van der Waals surface area contributed by atoms with E-state index >= 15 is 0 Å². The first-order valence-electron chi connectivity index (χ1n) is 4.41. The molecule has 0 aromatic rings. The van der Waals surface area contributed by atoms with Crippen LogP contribution in [0.25, 0.3) is 0 Å². The summed E-state index contributed by atoms with van der Waals surface area (Å²) >= 11 is 0. The number of hydrogen-bond donors (Lipinski definition) is 2. The third kappa shape index (κ3) is 3.11. The van der Waals surface area contributed by atoms with Crippen molar-refractivity contribution in [1.29, 1.82) is 0 Å². The summed E-state index contributed by atoms with van der Waals surface area (Å²) < 4.78 is 5.09. The predicted molar refractivity (Wildman–Crippen MR) is 50.6 cm³/mol. The topological polar surface area (TPSA) is 49.7 Å². The van der Waals surface area contributed by atoms with Crippen LogP contribution in [0.15, 0.2) is 24.2 Å². The fourth-order valence-corrected chi connectivity index (χ4v) is 1.36. The highest BCUT2D eigenvalue weighted by atomic mass is 16.5. The van der Waals surface area contributed by atoms with Crippen molar-refractivity contribution in [2.75, 3.05) is 13.7 Å². The van der Waals surface area contributed by atoms with E-state index in [1.807, 2.05) is 6.08 Å². The normalized spacial score (nSPS) is 20.8. The van der Waals surface area contributed by atoms with Crippen molar-refractivity contribution >= 4 is 0 Å². The molecule has 0 spiro atoms. The van der Waals surface area contributed by atoms with E-state index in [-0.39, 0.29) is 5.76 Å². The van der Waals surface area contributed by atoms with E-state index in [0.29, 0.717) is 11.7 Å². The summed E-state index contributed by atoms with van der Waals surface area (Å²) in [6, 6.07) is 0. The summed E-state index contributed by atoms with van der Waals surface area (Å²) in [6.45, 7) is 0.779. The van der Waals surface area contributed by atoms with E-state index in [1.54, 1.807) is 7.11 Å². The van der Waals surface area contributed by atoms with Gasteiger partial charge in [0.1, 0.15) is 12.0 Å². The molecule has 74 valence electrons. The molecule has 0 aromatic heterocycles. The van der Waals surface area contributed by atoms with Crippen LogP contribution in [0.3, 0.4) is 0 Å². The van der Waals surface area contributed by atoms with Gasteiger partial charge in [-0.05, 0) is 30.8 Å². The van der Waals surface area contributed by atoms with Gasteiger partial charge in [-0.25, -0.2) is 0 Å². The number of allylic oxidation sites excluding steroid dienone is 2. The van der Waals surface area contributed by atoms with Gasteiger partial charge in [0.15, 0.2) is 0 Å². The Hall–Kier alpha value is -0.960. The molecule has 1 aliphatic carbocycles. The molecule has 3 heteroatoms. The fourth-order valence-electron chi connectivity index (χ4n) is 1.36. The summed E-state index contributed by atoms with van der Waals surface area (Å²) in [7, 11) is 1.70. The molecule has 0 radical (unpaired) electrons. The van der Waals surface area contributed by atoms with Crippen molar-refractivity contribution in [3.05, 3.63) is 24.2 Å². The summed E-state index contributed by atoms with van der Waals surface area (Å²) in [6.07, 6.45) is 7.35. The quantitative estimate of drug-likeness (QED) is 0.509. The van der Waals surface area contributed by atoms with Gasteiger partial charge in [0.05, 0.1) is 6.61 Å². The molecular formula is C10H16O3. The molecule has 1 fully saturated rings. The van der Waals surface area contributed by atoms with Crippen molar-refractivity contribution in [2.24, 2.45) is 5.41 Å². The molecule has 0 bridgehead atoms. The minimum atomic E-state index is -0.104. The van der Waals surface area contributed by atoms with E-state index in [2.05, 4.69) is 0 Å². The lowest BCUT2D eigenvalue weighted by Gasteiger charge is -2.09. The predicted octanol–water partition coefficient (Wildman–Crippen LogP) is 2.32. The zero-order valence-corrected chi connectivity index (χ0v) is 7.86. The Morgan fingerprint density at radius 2 is 2.23 bits per heavy atom. The average molecular weight is 184 g/mol. The van der Waals surface area contributed by atoms with E-state index in [9.17, 15) is 0 Å². The molecule has 1 aliphatic rings. The average Bonchev–Trinajstić information content (AvgIpc) is 2.86. The van der Waals surface area contributed by atoms with Crippen molar-refractivity contribution in [3.8, 4) is 0 Å². The molecule has 0 amide bonds. The smallest absolute Gasteiger partial charge is 0.149 e. The van der Waals surface area contributed by atoms with Crippen LogP contribution in [0.2, 0.25) is 0 Å². The first-order valence-corrected chi connectivity index (χ1v) is 4.41. The van der Waals surface area contributed by atoms with Gasteiger partial charge in [-0.3, -0.25) is 0 Å². The molecule has 0 saturated heterocycles. The minimum absolute atomic E-state index is 0.104. The molecular weight excluding hydrogens is 168 g/mol. The lowest BCUT2D eigenvalue weighted by atomic mass is 10.0. The Bertz CT molecular complexity index is 214. The Balaban J connectivity index is 2.29. The molecule has 0 atom stereocenters. The lowest BCUT2D eigenvalue weighted by molar-refractivity contribution is 0.142. The lowest BCUT2D eigenvalue weighted by Crippen LogP contribution is -2.07. The standard InChI is InChI=1S/C10H16O3/c1-13-8-10(5-6-10)4-2-3-9(12)7-11/h2-3,7,11-12H,4-6,8H2,1H3/b3-2-,9-7-. The number of methoxy groups -OCH3 is 1. The maximum atomic E-state index is 8.90. The number of ether oxygens (including phenoxy) is 1. The first kappa shape index (κ1) is 10.1. The van der Waals surface area contributed by atoms with Gasteiger partial charge in [0, 0.05) is 7.11 Å². The molecule has 0 aromatic carbocycles. The van der Waals surface area contributed by atoms with E-state index in [1.165, 1.54) is 18.9 Å². The zero-order chi connectivity index (χ0) is 9.73. The Morgan fingerprint density at radius 1 is 1.54 bits per heavy atom. The van der Waals surface area contributed by atoms with Crippen LogP contribution in [0.1, 0.15) is 19.3 Å². The van der Waals surface area contributed by atoms with Crippen LogP contribution >= 0.6 is 0 Å². The van der Waals surface area contributed by atoms with Crippen molar-refractivity contribution in [2.45, 2.75) is 19.3 Å². The van der Waals surface area contributed by atoms with Crippen LogP contribution in [0.5, 0.6) is 0 Å². The van der Waals surface area contributed by atoms with Crippen molar-refractivity contribution < 1.29 is 14.9 Å². The van der Waals surface area contributed by atoms with Gasteiger partial charge in [-0.1, -0.05) is 6.08 Å². The second-order valence-electron chi connectivity index (χ2n) is 3.59. The van der Waals surface area contributed by atoms with Crippen LogP contribution in [-0.4, -0.2) is 23.9 Å². The first-order chi connectivity index (χ1) is 6.22. The SMILES string of the molecule is COCC1(C/C=C\C(O)=C\O)CC1. The molecule has 2 N–H and O–H groups in total. The number of aliphatic hydroxyl groups excluding tert-OH is 2. The molecule has 3 nitrogen and oxygen atoms in total. The second kappa shape index (κ2) is 4.33. The van der Waals surface area contributed by atoms with Crippen LogP contribution in [-0.2, 0) is 4.74 Å². The Morgan fingerprint density at radius 3 is 2.69 bits per heavy atom. The highest BCUT2D eigenvalue weighted by Crippen LogP contribution is 2.49. The van der Waals surface area contributed by atoms with Gasteiger partial charge < -0.3 is 14.9 Å². The number of rotatable bonds is 5. The maximum Gasteiger partial charge on any atom is 0.149 e. The van der Waals surface area contributed by atoms with Gasteiger partial charge in [-0.15, -0.1) is 0 Å². The number of hydrogen-bond acceptors (Lipinski definition) is 3. The molecule has 0 unspecified atom stereocenters. The number of aliphatic hydroxyl groups is 2. The molecule has 1 rings (SSSR count). The van der Waals surface area contributed by atoms with Gasteiger partial charge in [0.2, 0.25) is 0 Å². The van der Waals surface area contributed by atoms with E-state index in [0.717, 1.165) is 13.0 Å². The monoisotopic (exact) mass is 184 g/mol. The molecule has 0 heterocycles. The molecule has 13 heavy (non-hydrogen) atoms. The maximum absolute atomic E-state index is 8.90. The van der Waals surface area contributed by atoms with E-state index in [4.69, 9.17) is 14.9 Å². The van der Waals surface area contributed by atoms with Crippen LogP contribution in [0.4, 0.5) is 0 Å². The van der Waals surface area contributed by atoms with Crippen molar-refractivity contribution in [1.82, 2.24) is 0 Å². The van der Waals surface area contributed by atoms with Crippen molar-refractivity contribution in [3.63, 3.8) is 0 Å². The Kier molecular flexibility index (Phi) is 3.37. The summed E-state index contributed by atoms with van der Waals surface area (Å²) in [4.78, 5) is 0. The molecule has 0 aliphatic heterocycles. The van der Waals surface area contributed by atoms with Crippen LogP contribution < -0.4 is 0 Å². The van der Waals surface area contributed by atoms with Gasteiger partial charge in [0.25, 0.3) is 0 Å². The highest BCUT2D eigenvalue weighted by molar-refractivity contribution is 5.10. The third-order valence-corrected chi connectivity index (χ3v) is 2.38. The summed E-state index contributed by atoms with van der Waals surface area (Å²) in [5.41, 5.74) is 0.307. The summed E-state index contributed by atoms with van der Waals surface area (Å²) in [5.74, 6) is -0.104. The van der Waals surface area contributed by atoms with E-state index < -0.39 is 0 Å². The molecule has 1 saturated carbocycles. The third-order valence-electron chi connectivity index (χ3n) is 2.38. The zero-order valence-electron chi connectivity index (χ0n) is 7.86. The largest absolute Gasteiger partial charge is 0.512 e. The van der Waals surface area contributed by atoms with Gasteiger partial charge in [-0.2, -0.15) is 0 Å². The second-order valence-corrected chi connectivity index (χ2v) is 3.59. The Labute approximate surface area is 78.3 Å². The van der Waals surface area contributed by atoms with Gasteiger partial charge >= 0.3 is 0 Å². The minimum Gasteiger partial charge on any atom is -0.512 e. The fraction of sp³-hybridized carbons (Fsp3) is 0.600. The highest BCUT2D eigenvalue weighted by Gasteiger charge is 2.41. The summed E-state index contributed by atoms with van der Waals surface area (Å²) in [5, 5.41) is 17.3. The van der Waals surface area contributed by atoms with Crippen LogP contribution in [0, 0.1) is 5.41 Å².